The minimum atomic E-state index is -0.306. The summed E-state index contributed by atoms with van der Waals surface area (Å²) in [4.78, 5) is 13.6. The number of rotatable bonds is 6. The summed E-state index contributed by atoms with van der Waals surface area (Å²) < 4.78 is 5.26. The third-order valence-corrected chi connectivity index (χ3v) is 6.44. The van der Waals surface area contributed by atoms with Crippen LogP contribution >= 0.6 is 23.6 Å². The highest BCUT2D eigenvalue weighted by molar-refractivity contribution is 7.80. The Morgan fingerprint density at radius 3 is 2.52 bits per heavy atom. The molecule has 3 rings (SSSR count). The first kappa shape index (κ1) is 21.8. The second-order valence-electron chi connectivity index (χ2n) is 7.48. The molecule has 29 heavy (non-hydrogen) atoms. The van der Waals surface area contributed by atoms with Crippen molar-refractivity contribution in [2.45, 2.75) is 64.3 Å². The number of hydrogen-bond donors (Lipinski definition) is 2. The van der Waals surface area contributed by atoms with Gasteiger partial charge in [0.05, 0.1) is 12.2 Å². The molecule has 0 aliphatic heterocycles. The van der Waals surface area contributed by atoms with Crippen LogP contribution in [0.25, 0.3) is 0 Å². The molecule has 2 aromatic rings. The van der Waals surface area contributed by atoms with Gasteiger partial charge >= 0.3 is 5.97 Å². The SMILES string of the molecule is CCOC(=O)c1cc(Cc2ccccc2)sc1NC(=S)NC1CCCCCCC1. The van der Waals surface area contributed by atoms with Crippen LogP contribution in [0.4, 0.5) is 5.00 Å². The molecule has 0 unspecified atom stereocenters. The minimum Gasteiger partial charge on any atom is -0.462 e. The van der Waals surface area contributed by atoms with Crippen LogP contribution in [0.1, 0.15) is 72.7 Å². The summed E-state index contributed by atoms with van der Waals surface area (Å²) in [5, 5.41) is 8.10. The number of anilines is 1. The van der Waals surface area contributed by atoms with E-state index in [-0.39, 0.29) is 5.97 Å². The highest BCUT2D eigenvalue weighted by Gasteiger charge is 2.19. The smallest absolute Gasteiger partial charge is 0.341 e. The molecule has 1 aliphatic rings. The molecule has 1 fully saturated rings. The monoisotopic (exact) mass is 430 g/mol. The van der Waals surface area contributed by atoms with Crippen molar-refractivity contribution in [1.82, 2.24) is 5.32 Å². The molecule has 1 aromatic heterocycles. The van der Waals surface area contributed by atoms with E-state index < -0.39 is 0 Å². The summed E-state index contributed by atoms with van der Waals surface area (Å²) in [6.07, 6.45) is 9.52. The van der Waals surface area contributed by atoms with Gasteiger partial charge in [-0.25, -0.2) is 4.79 Å². The normalized spacial score (nSPS) is 15.2. The number of carbonyl (C=O) groups is 1. The first-order valence-electron chi connectivity index (χ1n) is 10.6. The number of thiocarbonyl (C=S) groups is 1. The highest BCUT2D eigenvalue weighted by Crippen LogP contribution is 2.31. The molecule has 1 aliphatic carbocycles. The summed E-state index contributed by atoms with van der Waals surface area (Å²) in [6.45, 7) is 2.18. The average molecular weight is 431 g/mol. The van der Waals surface area contributed by atoms with Crippen LogP contribution in [0.2, 0.25) is 0 Å². The Kier molecular flexibility index (Phi) is 8.50. The quantitative estimate of drug-likeness (QED) is 0.440. The largest absolute Gasteiger partial charge is 0.462 e. The second-order valence-corrected chi connectivity index (χ2v) is 9.02. The first-order chi connectivity index (χ1) is 14.2. The summed E-state index contributed by atoms with van der Waals surface area (Å²) in [6, 6.07) is 12.6. The zero-order valence-corrected chi connectivity index (χ0v) is 18.7. The van der Waals surface area contributed by atoms with Gasteiger partial charge in [0.15, 0.2) is 5.11 Å². The Bertz CT molecular complexity index is 796. The van der Waals surface area contributed by atoms with E-state index in [1.165, 1.54) is 37.7 Å². The predicted octanol–water partition coefficient (Wildman–Crippen LogP) is 5.91. The van der Waals surface area contributed by atoms with Gasteiger partial charge < -0.3 is 15.4 Å². The number of carbonyl (C=O) groups excluding carboxylic acids is 1. The summed E-state index contributed by atoms with van der Waals surface area (Å²) in [7, 11) is 0. The second kappa shape index (κ2) is 11.3. The zero-order valence-electron chi connectivity index (χ0n) is 17.0. The molecule has 6 heteroatoms. The molecule has 0 saturated heterocycles. The van der Waals surface area contributed by atoms with Crippen molar-refractivity contribution < 1.29 is 9.53 Å². The fourth-order valence-electron chi connectivity index (χ4n) is 3.70. The molecule has 1 aromatic carbocycles. The van der Waals surface area contributed by atoms with Gasteiger partial charge in [-0.2, -0.15) is 0 Å². The zero-order chi connectivity index (χ0) is 20.5. The number of benzene rings is 1. The number of ether oxygens (including phenoxy) is 1. The fourth-order valence-corrected chi connectivity index (χ4v) is 5.12. The molecular weight excluding hydrogens is 400 g/mol. The molecule has 2 N–H and O–H groups in total. The molecule has 0 spiro atoms. The maximum absolute atomic E-state index is 12.5. The molecule has 0 bridgehead atoms. The van der Waals surface area contributed by atoms with Crippen LogP contribution in [0.3, 0.4) is 0 Å². The van der Waals surface area contributed by atoms with Crippen molar-refractivity contribution in [3.05, 3.63) is 52.4 Å². The summed E-state index contributed by atoms with van der Waals surface area (Å²) >= 11 is 7.14. The standard InChI is InChI=1S/C23H30N2O2S2/c1-2-27-22(26)20-16-19(15-17-11-7-6-8-12-17)29-21(20)25-23(28)24-18-13-9-4-3-5-10-14-18/h6-8,11-12,16,18H,2-5,9-10,13-15H2,1H3,(H2,24,25,28). The van der Waals surface area contributed by atoms with Crippen molar-refractivity contribution in [1.29, 1.82) is 0 Å². The van der Waals surface area contributed by atoms with Crippen LogP contribution < -0.4 is 10.6 Å². The Morgan fingerprint density at radius 2 is 1.83 bits per heavy atom. The van der Waals surface area contributed by atoms with E-state index in [1.807, 2.05) is 31.2 Å². The van der Waals surface area contributed by atoms with E-state index in [0.29, 0.717) is 23.3 Å². The lowest BCUT2D eigenvalue weighted by molar-refractivity contribution is 0.0528. The number of esters is 1. The average Bonchev–Trinajstić information content (AvgIpc) is 3.07. The van der Waals surface area contributed by atoms with Crippen molar-refractivity contribution in [2.24, 2.45) is 0 Å². The van der Waals surface area contributed by atoms with Gasteiger partial charge in [0.1, 0.15) is 5.00 Å². The van der Waals surface area contributed by atoms with E-state index in [0.717, 1.165) is 29.1 Å². The van der Waals surface area contributed by atoms with Crippen molar-refractivity contribution in [2.75, 3.05) is 11.9 Å². The van der Waals surface area contributed by atoms with Crippen molar-refractivity contribution in [3.8, 4) is 0 Å². The van der Waals surface area contributed by atoms with E-state index in [2.05, 4.69) is 22.8 Å². The molecule has 0 radical (unpaired) electrons. The van der Waals surface area contributed by atoms with E-state index >= 15 is 0 Å². The molecule has 156 valence electrons. The lowest BCUT2D eigenvalue weighted by Crippen LogP contribution is -2.38. The minimum absolute atomic E-state index is 0.306. The Balaban J connectivity index is 1.69. The van der Waals surface area contributed by atoms with E-state index in [4.69, 9.17) is 17.0 Å². The molecular formula is C23H30N2O2S2. The lowest BCUT2D eigenvalue weighted by atomic mass is 9.97. The Hall–Kier alpha value is -1.92. The summed E-state index contributed by atoms with van der Waals surface area (Å²) in [5.41, 5.74) is 1.77. The number of nitrogens with one attached hydrogen (secondary N) is 2. The maximum Gasteiger partial charge on any atom is 0.341 e. The Morgan fingerprint density at radius 1 is 1.14 bits per heavy atom. The summed E-state index contributed by atoms with van der Waals surface area (Å²) in [5.74, 6) is -0.306. The highest BCUT2D eigenvalue weighted by atomic mass is 32.1. The number of hydrogen-bond acceptors (Lipinski definition) is 4. The molecule has 0 amide bonds. The van der Waals surface area contributed by atoms with Gasteiger partial charge in [0, 0.05) is 17.3 Å². The third-order valence-electron chi connectivity index (χ3n) is 5.17. The topological polar surface area (TPSA) is 50.4 Å². The van der Waals surface area contributed by atoms with Gasteiger partial charge in [0.2, 0.25) is 0 Å². The molecule has 1 heterocycles. The van der Waals surface area contributed by atoms with Gasteiger partial charge in [-0.1, -0.05) is 62.4 Å². The third kappa shape index (κ3) is 6.82. The van der Waals surface area contributed by atoms with Gasteiger partial charge in [-0.3, -0.25) is 0 Å². The van der Waals surface area contributed by atoms with Gasteiger partial charge in [-0.15, -0.1) is 11.3 Å². The van der Waals surface area contributed by atoms with E-state index in [1.54, 1.807) is 11.3 Å². The Labute approximate surface area is 183 Å². The van der Waals surface area contributed by atoms with Crippen molar-refractivity contribution >= 4 is 39.6 Å². The fraction of sp³-hybridized carbons (Fsp3) is 0.478. The van der Waals surface area contributed by atoms with Crippen LogP contribution in [-0.2, 0) is 11.2 Å². The van der Waals surface area contributed by atoms with Gasteiger partial charge in [-0.05, 0) is 43.6 Å². The molecule has 4 nitrogen and oxygen atoms in total. The van der Waals surface area contributed by atoms with Crippen LogP contribution in [0, 0.1) is 0 Å². The van der Waals surface area contributed by atoms with Crippen LogP contribution in [-0.4, -0.2) is 23.7 Å². The first-order valence-corrected chi connectivity index (χ1v) is 11.8. The van der Waals surface area contributed by atoms with Crippen molar-refractivity contribution in [3.63, 3.8) is 0 Å². The number of thiophene rings is 1. The van der Waals surface area contributed by atoms with Crippen LogP contribution in [0.5, 0.6) is 0 Å². The molecule has 1 saturated carbocycles. The van der Waals surface area contributed by atoms with Crippen LogP contribution in [0.15, 0.2) is 36.4 Å². The predicted molar refractivity (Wildman–Crippen MR) is 125 cm³/mol. The van der Waals surface area contributed by atoms with E-state index in [9.17, 15) is 4.79 Å². The molecule has 0 atom stereocenters. The maximum atomic E-state index is 12.5. The lowest BCUT2D eigenvalue weighted by Gasteiger charge is -2.22. The van der Waals surface area contributed by atoms with Gasteiger partial charge in [0.25, 0.3) is 0 Å².